The molecule has 0 unspecified atom stereocenters. The molecular weight excluding hydrogens is 258 g/mol. The minimum absolute atomic E-state index is 0.102. The second kappa shape index (κ2) is 6.23. The lowest BCUT2D eigenvalue weighted by atomic mass is 9.86. The van der Waals surface area contributed by atoms with Crippen LogP contribution in [-0.4, -0.2) is 6.54 Å². The number of hydrogen-bond donors (Lipinski definition) is 1. The highest BCUT2D eigenvalue weighted by Gasteiger charge is 2.22. The van der Waals surface area contributed by atoms with Gasteiger partial charge in [0.05, 0.1) is 6.54 Å². The van der Waals surface area contributed by atoms with Crippen molar-refractivity contribution in [3.63, 3.8) is 0 Å². The van der Waals surface area contributed by atoms with Crippen LogP contribution in [0.25, 0.3) is 11.0 Å². The van der Waals surface area contributed by atoms with E-state index >= 15 is 0 Å². The van der Waals surface area contributed by atoms with Crippen molar-refractivity contribution in [3.8, 4) is 0 Å². The van der Waals surface area contributed by atoms with Gasteiger partial charge in [-0.2, -0.15) is 0 Å². The van der Waals surface area contributed by atoms with Crippen LogP contribution in [0.1, 0.15) is 58.4 Å². The largest absolute Gasteiger partial charge is 0.459 e. The monoisotopic (exact) mass is 287 g/mol. The van der Waals surface area contributed by atoms with Crippen molar-refractivity contribution in [2.45, 2.75) is 59.9 Å². The molecule has 0 aliphatic rings. The lowest BCUT2D eigenvalue weighted by Gasteiger charge is -2.18. The highest BCUT2D eigenvalue weighted by atomic mass is 16.3. The molecule has 2 heteroatoms. The molecule has 0 saturated heterocycles. The van der Waals surface area contributed by atoms with E-state index in [9.17, 15) is 0 Å². The van der Waals surface area contributed by atoms with E-state index in [4.69, 9.17) is 4.42 Å². The molecule has 0 aliphatic carbocycles. The quantitative estimate of drug-likeness (QED) is 0.833. The Morgan fingerprint density at radius 3 is 2.48 bits per heavy atom. The van der Waals surface area contributed by atoms with Crippen LogP contribution in [0.5, 0.6) is 0 Å². The van der Waals surface area contributed by atoms with Crippen molar-refractivity contribution in [3.05, 3.63) is 35.1 Å². The molecular formula is C19H29NO. The number of benzene rings is 1. The van der Waals surface area contributed by atoms with Gasteiger partial charge in [-0.1, -0.05) is 59.7 Å². The number of fused-ring (bicyclic) bond motifs is 1. The minimum atomic E-state index is 0.102. The zero-order valence-electron chi connectivity index (χ0n) is 14.3. The van der Waals surface area contributed by atoms with Crippen molar-refractivity contribution in [1.82, 2.24) is 5.32 Å². The smallest absolute Gasteiger partial charge is 0.138 e. The Morgan fingerprint density at radius 1 is 1.19 bits per heavy atom. The van der Waals surface area contributed by atoms with Gasteiger partial charge >= 0.3 is 0 Å². The van der Waals surface area contributed by atoms with Crippen LogP contribution in [-0.2, 0) is 18.4 Å². The van der Waals surface area contributed by atoms with E-state index in [0.717, 1.165) is 30.9 Å². The molecule has 116 valence electrons. The number of nitrogens with one attached hydrogen (secondary N) is 1. The van der Waals surface area contributed by atoms with Gasteiger partial charge in [-0.25, -0.2) is 0 Å². The summed E-state index contributed by atoms with van der Waals surface area (Å²) in [6.07, 6.45) is 1.01. The topological polar surface area (TPSA) is 25.2 Å². The van der Waals surface area contributed by atoms with Crippen LogP contribution >= 0.6 is 0 Å². The molecule has 1 aromatic carbocycles. The van der Waals surface area contributed by atoms with Gasteiger partial charge in [-0.3, -0.25) is 0 Å². The molecule has 0 amide bonds. The molecule has 2 aromatic rings. The summed E-state index contributed by atoms with van der Waals surface area (Å²) in [5, 5.41) is 4.78. The molecule has 1 N–H and O–H groups in total. The fraction of sp³-hybridized carbons (Fsp3) is 0.579. The summed E-state index contributed by atoms with van der Waals surface area (Å²) >= 11 is 0. The SMILES string of the molecule is CCc1c(CNCC(C)C)oc2c(C(C)(C)C)cccc12. The van der Waals surface area contributed by atoms with E-state index in [2.05, 4.69) is 65.1 Å². The van der Waals surface area contributed by atoms with E-state index in [1.165, 1.54) is 16.5 Å². The maximum absolute atomic E-state index is 6.27. The first-order valence-electron chi connectivity index (χ1n) is 8.09. The third kappa shape index (κ3) is 3.49. The molecule has 0 saturated carbocycles. The molecule has 2 nitrogen and oxygen atoms in total. The molecule has 0 spiro atoms. The Hall–Kier alpha value is -1.28. The third-order valence-corrected chi connectivity index (χ3v) is 3.90. The van der Waals surface area contributed by atoms with Crippen LogP contribution < -0.4 is 5.32 Å². The van der Waals surface area contributed by atoms with Crippen molar-refractivity contribution >= 4 is 11.0 Å². The van der Waals surface area contributed by atoms with Crippen molar-refractivity contribution in [2.75, 3.05) is 6.54 Å². The van der Waals surface area contributed by atoms with Gasteiger partial charge in [0.15, 0.2) is 0 Å². The molecule has 1 aromatic heterocycles. The Labute approximate surface area is 128 Å². The van der Waals surface area contributed by atoms with Crippen LogP contribution in [0.15, 0.2) is 22.6 Å². The first-order valence-corrected chi connectivity index (χ1v) is 8.09. The van der Waals surface area contributed by atoms with Crippen molar-refractivity contribution in [2.24, 2.45) is 5.92 Å². The summed E-state index contributed by atoms with van der Waals surface area (Å²) in [5.74, 6) is 1.76. The molecule has 0 radical (unpaired) electrons. The van der Waals surface area contributed by atoms with Gasteiger partial charge in [0.1, 0.15) is 11.3 Å². The predicted molar refractivity (Wildman–Crippen MR) is 90.8 cm³/mol. The molecule has 0 aliphatic heterocycles. The van der Waals surface area contributed by atoms with Gasteiger partial charge in [-0.05, 0) is 24.3 Å². The zero-order valence-corrected chi connectivity index (χ0v) is 14.3. The van der Waals surface area contributed by atoms with Gasteiger partial charge in [-0.15, -0.1) is 0 Å². The molecule has 0 fully saturated rings. The van der Waals surface area contributed by atoms with Gasteiger partial charge in [0.2, 0.25) is 0 Å². The Morgan fingerprint density at radius 2 is 1.90 bits per heavy atom. The third-order valence-electron chi connectivity index (χ3n) is 3.90. The summed E-state index contributed by atoms with van der Waals surface area (Å²) in [5.41, 5.74) is 3.82. The number of para-hydroxylation sites is 1. The lowest BCUT2D eigenvalue weighted by molar-refractivity contribution is 0.474. The highest BCUT2D eigenvalue weighted by Crippen LogP contribution is 2.35. The van der Waals surface area contributed by atoms with Gasteiger partial charge in [0, 0.05) is 16.5 Å². The van der Waals surface area contributed by atoms with Crippen molar-refractivity contribution < 1.29 is 4.42 Å². The molecule has 0 bridgehead atoms. The molecule has 21 heavy (non-hydrogen) atoms. The van der Waals surface area contributed by atoms with E-state index in [0.29, 0.717) is 5.92 Å². The first kappa shape index (κ1) is 16.1. The summed E-state index contributed by atoms with van der Waals surface area (Å²) < 4.78 is 6.27. The van der Waals surface area contributed by atoms with Crippen LogP contribution in [0.3, 0.4) is 0 Å². The van der Waals surface area contributed by atoms with E-state index < -0.39 is 0 Å². The van der Waals surface area contributed by atoms with Gasteiger partial charge in [0.25, 0.3) is 0 Å². The van der Waals surface area contributed by atoms with E-state index in [1.807, 2.05) is 0 Å². The second-order valence-electron chi connectivity index (χ2n) is 7.31. The number of rotatable bonds is 5. The van der Waals surface area contributed by atoms with Gasteiger partial charge < -0.3 is 9.73 Å². The Balaban J connectivity index is 2.43. The summed E-state index contributed by atoms with van der Waals surface area (Å²) in [6, 6.07) is 6.54. The maximum atomic E-state index is 6.27. The van der Waals surface area contributed by atoms with E-state index in [1.54, 1.807) is 0 Å². The summed E-state index contributed by atoms with van der Waals surface area (Å²) in [7, 11) is 0. The van der Waals surface area contributed by atoms with E-state index in [-0.39, 0.29) is 5.41 Å². The minimum Gasteiger partial charge on any atom is -0.459 e. The van der Waals surface area contributed by atoms with Crippen molar-refractivity contribution in [1.29, 1.82) is 0 Å². The average molecular weight is 287 g/mol. The fourth-order valence-electron chi connectivity index (χ4n) is 2.81. The summed E-state index contributed by atoms with van der Waals surface area (Å²) in [6.45, 7) is 15.2. The number of hydrogen-bond acceptors (Lipinski definition) is 2. The standard InChI is InChI=1S/C19H29NO/c1-7-14-15-9-8-10-16(19(4,5)6)18(15)21-17(14)12-20-11-13(2)3/h8-10,13,20H,7,11-12H2,1-6H3. The van der Waals surface area contributed by atoms with Crippen LogP contribution in [0.4, 0.5) is 0 Å². The van der Waals surface area contributed by atoms with Crippen LogP contribution in [0, 0.1) is 5.92 Å². The maximum Gasteiger partial charge on any atom is 0.138 e. The highest BCUT2D eigenvalue weighted by molar-refractivity contribution is 5.85. The Bertz CT molecular complexity index is 602. The zero-order chi connectivity index (χ0) is 15.6. The number of furan rings is 1. The number of aryl methyl sites for hydroxylation is 1. The first-order chi connectivity index (χ1) is 9.84. The normalized spacial score (nSPS) is 12.5. The molecule has 0 atom stereocenters. The molecule has 2 rings (SSSR count). The lowest BCUT2D eigenvalue weighted by Crippen LogP contribution is -2.19. The van der Waals surface area contributed by atoms with Crippen LogP contribution in [0.2, 0.25) is 0 Å². The summed E-state index contributed by atoms with van der Waals surface area (Å²) in [4.78, 5) is 0. The second-order valence-corrected chi connectivity index (χ2v) is 7.31. The fourth-order valence-corrected chi connectivity index (χ4v) is 2.81. The Kier molecular flexibility index (Phi) is 4.77. The predicted octanol–water partition coefficient (Wildman–Crippen LogP) is 5.04. The molecule has 1 heterocycles. The average Bonchev–Trinajstić information content (AvgIpc) is 2.74.